The van der Waals surface area contributed by atoms with Crippen LogP contribution >= 0.6 is 0 Å². The number of carbonyl (C=O) groups is 2. The number of amides is 1. The zero-order chi connectivity index (χ0) is 48.1. The molecule has 6 heteroatoms. The minimum Gasteiger partial charge on any atom is -0.461 e. The van der Waals surface area contributed by atoms with Crippen LogP contribution in [0, 0.1) is 0 Å². The number of unbranched alkanes of at least 4 members (excludes halogenated alkanes) is 21. The molecule has 0 saturated carbocycles. The second-order valence-corrected chi connectivity index (χ2v) is 18.3. The van der Waals surface area contributed by atoms with E-state index in [-0.39, 0.29) is 31.3 Å². The topological polar surface area (TPSA) is 95.9 Å². The quantitative estimate of drug-likeness (QED) is 0.0321. The summed E-state index contributed by atoms with van der Waals surface area (Å²) in [5.41, 5.74) is 0. The fourth-order valence-corrected chi connectivity index (χ4v) is 7.70. The van der Waals surface area contributed by atoms with Crippen LogP contribution in [0.5, 0.6) is 0 Å². The molecule has 0 aliphatic carbocycles. The van der Waals surface area contributed by atoms with E-state index in [9.17, 15) is 19.8 Å². The van der Waals surface area contributed by atoms with Crippen LogP contribution in [0.2, 0.25) is 0 Å². The molecule has 0 aromatic rings. The highest BCUT2D eigenvalue weighted by atomic mass is 16.5. The van der Waals surface area contributed by atoms with Crippen molar-refractivity contribution < 1.29 is 24.5 Å². The number of allylic oxidation sites excluding steroid dienone is 15. The van der Waals surface area contributed by atoms with Gasteiger partial charge in [-0.15, -0.1) is 0 Å². The van der Waals surface area contributed by atoms with Crippen LogP contribution in [0.15, 0.2) is 97.2 Å². The molecule has 1 amide bonds. The predicted octanol–water partition coefficient (Wildman–Crippen LogP) is 16.9. The lowest BCUT2D eigenvalue weighted by Crippen LogP contribution is -2.46. The van der Waals surface area contributed by atoms with Crippen LogP contribution in [0.25, 0.3) is 0 Å². The smallest absolute Gasteiger partial charge is 0.306 e. The number of nitrogens with one attached hydrogen (secondary N) is 1. The average molecular weight is 918 g/mol. The Morgan fingerprint density at radius 2 is 0.803 bits per heavy atom. The Morgan fingerprint density at radius 1 is 0.455 bits per heavy atom. The molecule has 66 heavy (non-hydrogen) atoms. The van der Waals surface area contributed by atoms with E-state index in [2.05, 4.69) is 111 Å². The number of rotatable bonds is 48. The maximum Gasteiger partial charge on any atom is 0.306 e. The Kier molecular flexibility index (Phi) is 50.2. The lowest BCUT2D eigenvalue weighted by atomic mass is 10.0. The minimum atomic E-state index is -0.826. The second-order valence-electron chi connectivity index (χ2n) is 18.3. The van der Waals surface area contributed by atoms with Gasteiger partial charge in [0.2, 0.25) is 5.91 Å². The van der Waals surface area contributed by atoms with E-state index >= 15 is 0 Å². The molecule has 6 nitrogen and oxygen atoms in total. The molecule has 0 aliphatic rings. The minimum absolute atomic E-state index is 0.0247. The molecule has 0 aromatic heterocycles. The van der Waals surface area contributed by atoms with E-state index < -0.39 is 18.2 Å². The standard InChI is InChI=1S/C60H103NO5/c1-4-7-10-13-16-19-22-25-28-29-32-35-38-41-44-47-50-53-60(65)66-56(51-48-45-42-39-36-33-30-26-23-20-17-14-11-8-5-2)54-59(64)61-57(55-62)58(63)52-49-46-43-40-37-34-31-27-24-21-18-15-12-9-6-3/h16-17,19-20,25-26,28,30,32,35-36,39,41,44-45,48,56-58,62-63H,4-15,18,21-24,27,29,31,33-34,37-38,40,42-43,46-47,49-55H2,1-3H3,(H,61,64)/b19-16-,20-17-,28-25-,30-26-,35-32-,39-36-,44-41-,48-45-. The normalized spacial score (nSPS) is 14.0. The highest BCUT2D eigenvalue weighted by Crippen LogP contribution is 2.16. The SMILES string of the molecule is CCCCC/C=C\C/C=C\C/C=C\C/C=C\CCCC(=O)OC(C/C=C\C/C=C\C/C=C\C/C=C\CCCCC)CC(=O)NC(CO)C(O)CCCCCCCCCCCCCCCCC. The van der Waals surface area contributed by atoms with E-state index in [1.54, 1.807) is 0 Å². The van der Waals surface area contributed by atoms with Crippen LogP contribution in [0.4, 0.5) is 0 Å². The Labute approximate surface area is 407 Å². The van der Waals surface area contributed by atoms with Crippen molar-refractivity contribution in [2.24, 2.45) is 0 Å². The highest BCUT2D eigenvalue weighted by Gasteiger charge is 2.23. The third-order valence-corrected chi connectivity index (χ3v) is 11.9. The molecule has 0 heterocycles. The summed E-state index contributed by atoms with van der Waals surface area (Å²) in [5, 5.41) is 23.8. The molecule has 0 aliphatic heterocycles. The summed E-state index contributed by atoms with van der Waals surface area (Å²) in [6.45, 7) is 6.39. The fourth-order valence-electron chi connectivity index (χ4n) is 7.70. The van der Waals surface area contributed by atoms with Gasteiger partial charge in [0.25, 0.3) is 0 Å². The van der Waals surface area contributed by atoms with Crippen molar-refractivity contribution in [1.29, 1.82) is 0 Å². The van der Waals surface area contributed by atoms with Crippen LogP contribution in [-0.2, 0) is 14.3 Å². The molecule has 0 aromatic carbocycles. The summed E-state index contributed by atoms with van der Waals surface area (Å²) in [6.07, 6.45) is 70.6. The van der Waals surface area contributed by atoms with Gasteiger partial charge in [-0.3, -0.25) is 9.59 Å². The predicted molar refractivity (Wildman–Crippen MR) is 287 cm³/mol. The van der Waals surface area contributed by atoms with Crippen LogP contribution < -0.4 is 5.32 Å². The van der Waals surface area contributed by atoms with Gasteiger partial charge in [-0.05, 0) is 83.5 Å². The summed E-state index contributed by atoms with van der Waals surface area (Å²) in [5.74, 6) is -0.647. The first kappa shape index (κ1) is 62.8. The van der Waals surface area contributed by atoms with E-state index in [0.717, 1.165) is 70.6 Å². The number of esters is 1. The molecule has 0 fully saturated rings. The molecule has 3 N–H and O–H groups in total. The zero-order valence-electron chi connectivity index (χ0n) is 43.0. The van der Waals surface area contributed by atoms with Crippen molar-refractivity contribution in [3.63, 3.8) is 0 Å². The van der Waals surface area contributed by atoms with Gasteiger partial charge in [0, 0.05) is 12.8 Å². The number of carbonyl (C=O) groups excluding carboxylic acids is 2. The molecular weight excluding hydrogens is 815 g/mol. The molecule has 0 saturated heterocycles. The van der Waals surface area contributed by atoms with Gasteiger partial charge < -0.3 is 20.3 Å². The summed E-state index contributed by atoms with van der Waals surface area (Å²) < 4.78 is 5.85. The third-order valence-electron chi connectivity index (χ3n) is 11.9. The number of hydrogen-bond acceptors (Lipinski definition) is 5. The second kappa shape index (κ2) is 52.7. The van der Waals surface area contributed by atoms with Crippen molar-refractivity contribution in [2.75, 3.05) is 6.61 Å². The third kappa shape index (κ3) is 47.3. The highest BCUT2D eigenvalue weighted by molar-refractivity contribution is 5.77. The molecule has 3 unspecified atom stereocenters. The van der Waals surface area contributed by atoms with Crippen molar-refractivity contribution in [2.45, 2.75) is 264 Å². The van der Waals surface area contributed by atoms with Gasteiger partial charge in [-0.1, -0.05) is 240 Å². The Bertz CT molecular complexity index is 1310. The zero-order valence-corrected chi connectivity index (χ0v) is 43.0. The Balaban J connectivity index is 4.78. The van der Waals surface area contributed by atoms with Crippen molar-refractivity contribution in [3.05, 3.63) is 97.2 Å². The van der Waals surface area contributed by atoms with Gasteiger partial charge in [0.1, 0.15) is 6.10 Å². The van der Waals surface area contributed by atoms with Gasteiger partial charge in [0.05, 0.1) is 25.2 Å². The first-order valence-electron chi connectivity index (χ1n) is 27.5. The average Bonchev–Trinajstić information content (AvgIpc) is 3.31. The molecule has 0 radical (unpaired) electrons. The van der Waals surface area contributed by atoms with Gasteiger partial charge in [-0.2, -0.15) is 0 Å². The number of ether oxygens (including phenoxy) is 1. The summed E-state index contributed by atoms with van der Waals surface area (Å²) >= 11 is 0. The fraction of sp³-hybridized carbons (Fsp3) is 0.700. The van der Waals surface area contributed by atoms with Crippen molar-refractivity contribution in [3.8, 4) is 0 Å². The molecule has 378 valence electrons. The van der Waals surface area contributed by atoms with Crippen LogP contribution in [-0.4, -0.2) is 46.9 Å². The monoisotopic (exact) mass is 918 g/mol. The molecule has 0 bridgehead atoms. The molecular formula is C60H103NO5. The summed E-state index contributed by atoms with van der Waals surface area (Å²) in [7, 11) is 0. The molecule has 0 spiro atoms. The maximum atomic E-state index is 13.2. The van der Waals surface area contributed by atoms with Gasteiger partial charge in [-0.25, -0.2) is 0 Å². The lowest BCUT2D eigenvalue weighted by molar-refractivity contribution is -0.150. The number of hydrogen-bond donors (Lipinski definition) is 3. The Hall–Kier alpha value is -3.22. The Morgan fingerprint density at radius 3 is 1.21 bits per heavy atom. The van der Waals surface area contributed by atoms with Crippen LogP contribution in [0.1, 0.15) is 245 Å². The first-order valence-corrected chi connectivity index (χ1v) is 27.5. The lowest BCUT2D eigenvalue weighted by Gasteiger charge is -2.24. The van der Waals surface area contributed by atoms with Gasteiger partial charge >= 0.3 is 5.97 Å². The molecule has 0 rings (SSSR count). The number of aliphatic hydroxyl groups is 2. The maximum absolute atomic E-state index is 13.2. The van der Waals surface area contributed by atoms with E-state index in [4.69, 9.17) is 4.74 Å². The van der Waals surface area contributed by atoms with E-state index in [1.165, 1.54) is 122 Å². The molecule has 3 atom stereocenters. The van der Waals surface area contributed by atoms with Gasteiger partial charge in [0.15, 0.2) is 0 Å². The summed E-state index contributed by atoms with van der Waals surface area (Å²) in [6, 6.07) is -0.748. The van der Waals surface area contributed by atoms with Crippen molar-refractivity contribution in [1.82, 2.24) is 5.32 Å². The van der Waals surface area contributed by atoms with E-state index in [1.807, 2.05) is 12.2 Å². The van der Waals surface area contributed by atoms with Crippen molar-refractivity contribution >= 4 is 11.9 Å². The first-order chi connectivity index (χ1) is 32.5. The largest absolute Gasteiger partial charge is 0.461 e. The van der Waals surface area contributed by atoms with Crippen LogP contribution in [0.3, 0.4) is 0 Å². The summed E-state index contributed by atoms with van der Waals surface area (Å²) in [4.78, 5) is 26.2. The van der Waals surface area contributed by atoms with E-state index in [0.29, 0.717) is 19.3 Å². The number of aliphatic hydroxyl groups excluding tert-OH is 2.